The van der Waals surface area contributed by atoms with Crippen LogP contribution in [0.2, 0.25) is 0 Å². The second-order valence-electron chi connectivity index (χ2n) is 9.50. The van der Waals surface area contributed by atoms with Crippen molar-refractivity contribution >= 4 is 52.1 Å². The van der Waals surface area contributed by atoms with E-state index in [9.17, 15) is 9.59 Å². The number of amidine groups is 1. The van der Waals surface area contributed by atoms with Crippen molar-refractivity contribution in [1.82, 2.24) is 5.27 Å². The van der Waals surface area contributed by atoms with E-state index in [1.54, 1.807) is 22.0 Å². The Labute approximate surface area is 238 Å². The number of nitrogens with zero attached hydrogens (tertiary/aromatic N) is 6. The zero-order valence-electron chi connectivity index (χ0n) is 22.8. The van der Waals surface area contributed by atoms with Gasteiger partial charge in [-0.2, -0.15) is 5.01 Å². The predicted molar refractivity (Wildman–Crippen MR) is 159 cm³/mol. The van der Waals surface area contributed by atoms with Gasteiger partial charge in [0.2, 0.25) is 11.2 Å². The van der Waals surface area contributed by atoms with Gasteiger partial charge in [0.1, 0.15) is 5.70 Å². The minimum absolute atomic E-state index is 0.0473. The van der Waals surface area contributed by atoms with Crippen LogP contribution in [-0.2, 0) is 9.59 Å². The standard InChI is InChI=1S/C29H33N7O3S/c1-3-33(4-2)23-15-13-22(14-16-23)19-25-28(38)36(24-11-7-5-8-12-24)29(30-25)40-21-26(37)31-27-20-35(32-39-27)34-17-9-6-10-18-34/h5,7-8,11-16,19-20H,3-4,6,9-10,17-18,21H2,1-2H3/p+1/b25-19+. The minimum Gasteiger partial charge on any atom is -0.372 e. The van der Waals surface area contributed by atoms with Crippen LogP contribution in [0.25, 0.3) is 6.08 Å². The number of carbonyl (C=O) groups excluding carboxylic acids is 2. The molecule has 1 fully saturated rings. The van der Waals surface area contributed by atoms with Gasteiger partial charge in [-0.1, -0.05) is 42.1 Å². The molecule has 208 valence electrons. The van der Waals surface area contributed by atoms with Crippen LogP contribution in [-0.4, -0.2) is 54.2 Å². The summed E-state index contributed by atoms with van der Waals surface area (Å²) >= 11 is 1.20. The lowest BCUT2D eigenvalue weighted by Crippen LogP contribution is -2.60. The number of para-hydroxylation sites is 1. The zero-order chi connectivity index (χ0) is 27.9. The van der Waals surface area contributed by atoms with E-state index in [0.29, 0.717) is 16.6 Å². The smallest absolute Gasteiger partial charge is 0.305 e. The lowest BCUT2D eigenvalue weighted by atomic mass is 10.1. The Bertz CT molecular complexity index is 1380. The maximum Gasteiger partial charge on any atom is 0.305 e. The fraction of sp³-hybridized carbons (Fsp3) is 0.345. The van der Waals surface area contributed by atoms with Gasteiger partial charge in [0.15, 0.2) is 5.17 Å². The molecule has 1 N–H and O–H groups in total. The molecule has 1 aromatic heterocycles. The molecule has 10 nitrogen and oxygen atoms in total. The van der Waals surface area contributed by atoms with Crippen LogP contribution >= 0.6 is 11.8 Å². The molecular formula is C29H34N7O3S+. The summed E-state index contributed by atoms with van der Waals surface area (Å²) in [5.41, 5.74) is 3.03. The number of aliphatic imine (C=N–C) groups is 1. The van der Waals surface area contributed by atoms with Gasteiger partial charge in [0.05, 0.1) is 29.3 Å². The van der Waals surface area contributed by atoms with E-state index in [1.807, 2.05) is 42.5 Å². The molecule has 2 aromatic carbocycles. The largest absolute Gasteiger partial charge is 0.372 e. The average Bonchev–Trinajstić information content (AvgIpc) is 3.58. The third-order valence-corrected chi connectivity index (χ3v) is 7.78. The number of benzene rings is 2. The Kier molecular flexibility index (Phi) is 8.80. The van der Waals surface area contributed by atoms with Gasteiger partial charge in [-0.3, -0.25) is 24.3 Å². The summed E-state index contributed by atoms with van der Waals surface area (Å²) in [6.45, 7) is 7.91. The van der Waals surface area contributed by atoms with Crippen LogP contribution in [0.1, 0.15) is 38.7 Å². The first-order chi connectivity index (χ1) is 19.6. The van der Waals surface area contributed by atoms with Gasteiger partial charge < -0.3 is 4.90 Å². The Morgan fingerprint density at radius 1 is 1.07 bits per heavy atom. The maximum atomic E-state index is 13.5. The molecule has 5 rings (SSSR count). The van der Waals surface area contributed by atoms with Crippen LogP contribution in [0.5, 0.6) is 0 Å². The number of piperidine rings is 1. The van der Waals surface area contributed by atoms with Crippen molar-refractivity contribution in [2.75, 3.05) is 52.1 Å². The van der Waals surface area contributed by atoms with Crippen molar-refractivity contribution in [2.24, 2.45) is 4.99 Å². The summed E-state index contributed by atoms with van der Waals surface area (Å²) in [4.78, 5) is 36.3. The van der Waals surface area contributed by atoms with Crippen LogP contribution < -0.4 is 24.9 Å². The van der Waals surface area contributed by atoms with E-state index in [1.165, 1.54) is 18.2 Å². The van der Waals surface area contributed by atoms with Crippen LogP contribution in [0, 0.1) is 0 Å². The SMILES string of the molecule is CCN(CC)c1ccc(/C=C2/N=C(SCC(=O)Nc3c[n+](N4CCCCC4)no3)N(c3ccccc3)C2=O)cc1. The number of thioether (sulfide) groups is 1. The first-order valence-corrected chi connectivity index (χ1v) is 14.7. The zero-order valence-corrected chi connectivity index (χ0v) is 23.6. The van der Waals surface area contributed by atoms with Gasteiger partial charge in [0.25, 0.3) is 12.1 Å². The molecule has 2 aliphatic rings. The molecule has 0 bridgehead atoms. The second kappa shape index (κ2) is 12.8. The molecule has 11 heteroatoms. The Balaban J connectivity index is 1.29. The summed E-state index contributed by atoms with van der Waals surface area (Å²) in [7, 11) is 0. The van der Waals surface area contributed by atoms with E-state index in [0.717, 1.165) is 50.3 Å². The van der Waals surface area contributed by atoms with Crippen molar-refractivity contribution in [3.63, 3.8) is 0 Å². The normalized spacial score (nSPS) is 16.4. The Hall–Kier alpha value is -4.12. The quantitative estimate of drug-likeness (QED) is 0.312. The fourth-order valence-corrected chi connectivity index (χ4v) is 5.55. The van der Waals surface area contributed by atoms with Gasteiger partial charge in [0, 0.05) is 18.8 Å². The highest BCUT2D eigenvalue weighted by atomic mass is 32.2. The molecule has 0 spiro atoms. The highest BCUT2D eigenvalue weighted by molar-refractivity contribution is 8.14. The highest BCUT2D eigenvalue weighted by Crippen LogP contribution is 2.29. The molecule has 3 heterocycles. The third kappa shape index (κ3) is 6.36. The second-order valence-corrected chi connectivity index (χ2v) is 10.4. The lowest BCUT2D eigenvalue weighted by Gasteiger charge is -2.20. The molecule has 2 amide bonds. The summed E-state index contributed by atoms with van der Waals surface area (Å²) < 4.78 is 5.31. The molecule has 0 saturated carbocycles. The molecule has 40 heavy (non-hydrogen) atoms. The van der Waals surface area contributed by atoms with Crippen molar-refractivity contribution in [3.8, 4) is 0 Å². The molecule has 0 unspecified atom stereocenters. The number of amides is 2. The topological polar surface area (TPSA) is 98.2 Å². The van der Waals surface area contributed by atoms with Gasteiger partial charge in [-0.05, 0) is 69.0 Å². The van der Waals surface area contributed by atoms with Crippen LogP contribution in [0.4, 0.5) is 17.3 Å². The number of hydrogen-bond acceptors (Lipinski definition) is 8. The molecule has 0 aliphatic carbocycles. The van der Waals surface area contributed by atoms with E-state index < -0.39 is 0 Å². The number of aromatic nitrogens is 2. The monoisotopic (exact) mass is 560 g/mol. The van der Waals surface area contributed by atoms with Crippen molar-refractivity contribution in [3.05, 3.63) is 72.1 Å². The Morgan fingerprint density at radius 2 is 1.80 bits per heavy atom. The Morgan fingerprint density at radius 3 is 2.50 bits per heavy atom. The van der Waals surface area contributed by atoms with E-state index in [-0.39, 0.29) is 23.5 Å². The fourth-order valence-electron chi connectivity index (χ4n) is 4.74. The van der Waals surface area contributed by atoms with E-state index >= 15 is 0 Å². The first kappa shape index (κ1) is 27.4. The van der Waals surface area contributed by atoms with Crippen LogP contribution in [0.15, 0.2) is 76.0 Å². The maximum absolute atomic E-state index is 13.5. The van der Waals surface area contributed by atoms with Crippen molar-refractivity contribution in [1.29, 1.82) is 0 Å². The van der Waals surface area contributed by atoms with E-state index in [2.05, 4.69) is 51.5 Å². The number of hydrogen-bond donors (Lipinski definition) is 1. The third-order valence-electron chi connectivity index (χ3n) is 6.84. The molecule has 0 atom stereocenters. The summed E-state index contributed by atoms with van der Waals surface area (Å²) in [6.07, 6.45) is 6.88. The van der Waals surface area contributed by atoms with E-state index in [4.69, 9.17) is 4.52 Å². The molecule has 3 aromatic rings. The van der Waals surface area contributed by atoms with Crippen LogP contribution in [0.3, 0.4) is 0 Å². The summed E-state index contributed by atoms with van der Waals surface area (Å²) in [5, 5.41) is 9.30. The minimum atomic E-state index is -0.278. The van der Waals surface area contributed by atoms with Gasteiger partial charge in [-0.25, -0.2) is 4.99 Å². The molecular weight excluding hydrogens is 526 g/mol. The van der Waals surface area contributed by atoms with Crippen molar-refractivity contribution < 1.29 is 18.9 Å². The summed E-state index contributed by atoms with van der Waals surface area (Å²) in [5.74, 6) is -0.195. The number of nitrogens with one attached hydrogen (secondary N) is 1. The first-order valence-electron chi connectivity index (χ1n) is 13.7. The summed E-state index contributed by atoms with van der Waals surface area (Å²) in [6, 6.07) is 17.4. The lowest BCUT2D eigenvalue weighted by molar-refractivity contribution is -0.759. The van der Waals surface area contributed by atoms with Gasteiger partial charge >= 0.3 is 5.88 Å². The van der Waals surface area contributed by atoms with Gasteiger partial charge in [-0.15, -0.1) is 0 Å². The number of rotatable bonds is 9. The van der Waals surface area contributed by atoms with Crippen molar-refractivity contribution in [2.45, 2.75) is 33.1 Å². The number of carbonyl (C=O) groups is 2. The predicted octanol–water partition coefficient (Wildman–Crippen LogP) is 4.05. The molecule has 1 saturated heterocycles. The average molecular weight is 561 g/mol. The molecule has 0 radical (unpaired) electrons. The number of anilines is 3. The highest BCUT2D eigenvalue weighted by Gasteiger charge is 2.32. The molecule has 2 aliphatic heterocycles.